The molecule has 1 aliphatic heterocycles. The van der Waals surface area contributed by atoms with Crippen LogP contribution >= 0.6 is 35.0 Å². The third-order valence-corrected chi connectivity index (χ3v) is 6.14. The monoisotopic (exact) mass is 345 g/mol. The van der Waals surface area contributed by atoms with E-state index >= 15 is 0 Å². The van der Waals surface area contributed by atoms with E-state index in [9.17, 15) is 0 Å². The van der Waals surface area contributed by atoms with Gasteiger partial charge >= 0.3 is 0 Å². The van der Waals surface area contributed by atoms with Crippen molar-refractivity contribution in [3.05, 3.63) is 27.7 Å². The van der Waals surface area contributed by atoms with Gasteiger partial charge in [-0.15, -0.1) is 0 Å². The highest BCUT2D eigenvalue weighted by Gasteiger charge is 2.32. The molecule has 21 heavy (non-hydrogen) atoms. The van der Waals surface area contributed by atoms with Crippen LogP contribution in [0.5, 0.6) is 5.75 Å². The standard InChI is InChI=1S/C16H21Cl2NOS/c1-2-21-15-5-3-4-14(15)19-13-6-7-20-16-11(13)8-10(17)9-12(16)18/h8-9,13-15,19H,2-7H2,1H3. The van der Waals surface area contributed by atoms with Crippen LogP contribution in [0, 0.1) is 0 Å². The first-order chi connectivity index (χ1) is 10.2. The van der Waals surface area contributed by atoms with Crippen LogP contribution in [0.4, 0.5) is 0 Å². The van der Waals surface area contributed by atoms with E-state index in [1.165, 1.54) is 25.0 Å². The first-order valence-corrected chi connectivity index (χ1v) is 9.49. The van der Waals surface area contributed by atoms with E-state index in [0.29, 0.717) is 28.7 Å². The average Bonchev–Trinajstić information content (AvgIpc) is 2.87. The fourth-order valence-corrected chi connectivity index (χ4v) is 5.16. The van der Waals surface area contributed by atoms with Crippen LogP contribution < -0.4 is 10.1 Å². The van der Waals surface area contributed by atoms with Crippen molar-refractivity contribution >= 4 is 35.0 Å². The van der Waals surface area contributed by atoms with Crippen LogP contribution in [0.25, 0.3) is 0 Å². The van der Waals surface area contributed by atoms with E-state index in [1.807, 2.05) is 6.07 Å². The summed E-state index contributed by atoms with van der Waals surface area (Å²) >= 11 is 14.5. The number of hydrogen-bond acceptors (Lipinski definition) is 3. The molecule has 1 aromatic rings. The van der Waals surface area contributed by atoms with Gasteiger partial charge in [0.1, 0.15) is 5.75 Å². The van der Waals surface area contributed by atoms with Crippen LogP contribution in [0.3, 0.4) is 0 Å². The fraction of sp³-hybridized carbons (Fsp3) is 0.625. The summed E-state index contributed by atoms with van der Waals surface area (Å²) in [7, 11) is 0. The van der Waals surface area contributed by atoms with Gasteiger partial charge in [-0.05, 0) is 30.7 Å². The second-order valence-electron chi connectivity index (χ2n) is 5.69. The van der Waals surface area contributed by atoms with Gasteiger partial charge in [-0.25, -0.2) is 0 Å². The molecular formula is C16H21Cl2NOS. The van der Waals surface area contributed by atoms with E-state index in [-0.39, 0.29) is 0 Å². The van der Waals surface area contributed by atoms with Crippen molar-refractivity contribution in [1.82, 2.24) is 5.32 Å². The Balaban J connectivity index is 1.79. The smallest absolute Gasteiger partial charge is 0.142 e. The van der Waals surface area contributed by atoms with Crippen LogP contribution in [0.15, 0.2) is 12.1 Å². The Kier molecular flexibility index (Phi) is 5.26. The van der Waals surface area contributed by atoms with Gasteiger partial charge in [0, 0.05) is 34.3 Å². The number of hydrogen-bond donors (Lipinski definition) is 1. The number of halogens is 2. The molecule has 116 valence electrons. The predicted octanol–water partition coefficient (Wildman–Crippen LogP) is 5.08. The molecule has 0 saturated heterocycles. The molecule has 0 radical (unpaired) electrons. The van der Waals surface area contributed by atoms with Gasteiger partial charge in [0.05, 0.1) is 11.6 Å². The zero-order chi connectivity index (χ0) is 14.8. The first-order valence-electron chi connectivity index (χ1n) is 7.68. The predicted molar refractivity (Wildman–Crippen MR) is 92.0 cm³/mol. The summed E-state index contributed by atoms with van der Waals surface area (Å²) in [5, 5.41) is 5.88. The molecular weight excluding hydrogens is 325 g/mol. The minimum absolute atomic E-state index is 0.299. The van der Waals surface area contributed by atoms with Crippen molar-refractivity contribution in [3.8, 4) is 5.75 Å². The topological polar surface area (TPSA) is 21.3 Å². The molecule has 1 heterocycles. The van der Waals surface area contributed by atoms with E-state index in [1.54, 1.807) is 6.07 Å². The zero-order valence-corrected chi connectivity index (χ0v) is 14.5. The third-order valence-electron chi connectivity index (χ3n) is 4.31. The normalized spacial score (nSPS) is 28.2. The molecule has 3 rings (SSSR count). The highest BCUT2D eigenvalue weighted by atomic mass is 35.5. The fourth-order valence-electron chi connectivity index (χ4n) is 3.39. The second kappa shape index (κ2) is 6.99. The summed E-state index contributed by atoms with van der Waals surface area (Å²) in [5.41, 5.74) is 1.12. The average molecular weight is 346 g/mol. The lowest BCUT2D eigenvalue weighted by Gasteiger charge is -2.32. The van der Waals surface area contributed by atoms with Gasteiger partial charge in [0.15, 0.2) is 0 Å². The Morgan fingerprint density at radius 2 is 2.14 bits per heavy atom. The van der Waals surface area contributed by atoms with Crippen molar-refractivity contribution < 1.29 is 4.74 Å². The summed E-state index contributed by atoms with van der Waals surface area (Å²) in [4.78, 5) is 0. The zero-order valence-electron chi connectivity index (χ0n) is 12.2. The molecule has 5 heteroatoms. The van der Waals surface area contributed by atoms with Crippen molar-refractivity contribution in [2.75, 3.05) is 12.4 Å². The molecule has 3 atom stereocenters. The van der Waals surface area contributed by atoms with E-state index < -0.39 is 0 Å². The van der Waals surface area contributed by atoms with Gasteiger partial charge in [0.25, 0.3) is 0 Å². The van der Waals surface area contributed by atoms with E-state index in [2.05, 4.69) is 24.0 Å². The maximum absolute atomic E-state index is 6.27. The van der Waals surface area contributed by atoms with Crippen molar-refractivity contribution in [2.24, 2.45) is 0 Å². The summed E-state index contributed by atoms with van der Waals surface area (Å²) in [6.07, 6.45) is 4.88. The third kappa shape index (κ3) is 3.47. The van der Waals surface area contributed by atoms with Crippen LogP contribution in [-0.4, -0.2) is 23.7 Å². The summed E-state index contributed by atoms with van der Waals surface area (Å²) in [6.45, 7) is 2.95. The Morgan fingerprint density at radius 3 is 2.95 bits per heavy atom. The lowest BCUT2D eigenvalue weighted by atomic mass is 9.99. The van der Waals surface area contributed by atoms with E-state index in [0.717, 1.165) is 23.0 Å². The summed E-state index contributed by atoms with van der Waals surface area (Å²) in [5.74, 6) is 1.99. The highest BCUT2D eigenvalue weighted by molar-refractivity contribution is 7.99. The van der Waals surface area contributed by atoms with Crippen LogP contribution in [0.2, 0.25) is 10.0 Å². The minimum atomic E-state index is 0.299. The van der Waals surface area contributed by atoms with Gasteiger partial charge in [0.2, 0.25) is 0 Å². The van der Waals surface area contributed by atoms with Gasteiger partial charge in [-0.3, -0.25) is 0 Å². The number of ether oxygens (including phenoxy) is 1. The molecule has 0 aromatic heterocycles. The lowest BCUT2D eigenvalue weighted by molar-refractivity contribution is 0.245. The van der Waals surface area contributed by atoms with Crippen molar-refractivity contribution in [1.29, 1.82) is 0 Å². The van der Waals surface area contributed by atoms with Gasteiger partial charge < -0.3 is 10.1 Å². The molecule has 2 nitrogen and oxygen atoms in total. The molecule has 0 bridgehead atoms. The summed E-state index contributed by atoms with van der Waals surface area (Å²) in [6, 6.07) is 4.64. The summed E-state index contributed by atoms with van der Waals surface area (Å²) < 4.78 is 5.74. The number of benzene rings is 1. The molecule has 0 spiro atoms. The van der Waals surface area contributed by atoms with Gasteiger partial charge in [-0.1, -0.05) is 36.5 Å². The molecule has 1 aliphatic carbocycles. The van der Waals surface area contributed by atoms with Crippen molar-refractivity contribution in [3.63, 3.8) is 0 Å². The Hall–Kier alpha value is -0.0900. The molecule has 0 amide bonds. The Morgan fingerprint density at radius 1 is 1.29 bits per heavy atom. The quantitative estimate of drug-likeness (QED) is 0.821. The number of rotatable bonds is 4. The maximum Gasteiger partial charge on any atom is 0.142 e. The molecule has 3 unspecified atom stereocenters. The SMILES string of the molecule is CCSC1CCCC1NC1CCOc2c(Cl)cc(Cl)cc21. The van der Waals surface area contributed by atoms with Crippen molar-refractivity contribution in [2.45, 2.75) is 49.9 Å². The largest absolute Gasteiger partial charge is 0.492 e. The first kappa shape index (κ1) is 15.8. The molecule has 1 fully saturated rings. The number of fused-ring (bicyclic) bond motifs is 1. The van der Waals surface area contributed by atoms with Gasteiger partial charge in [-0.2, -0.15) is 11.8 Å². The maximum atomic E-state index is 6.27. The molecule has 1 aromatic carbocycles. The molecule has 1 N–H and O–H groups in total. The lowest BCUT2D eigenvalue weighted by Crippen LogP contribution is -2.39. The Labute approximate surface area is 140 Å². The Bertz CT molecular complexity index is 511. The number of thioether (sulfide) groups is 1. The molecule has 1 saturated carbocycles. The second-order valence-corrected chi connectivity index (χ2v) is 8.05. The number of nitrogens with one attached hydrogen (secondary N) is 1. The van der Waals surface area contributed by atoms with Crippen LogP contribution in [0.1, 0.15) is 44.2 Å². The minimum Gasteiger partial charge on any atom is -0.492 e. The van der Waals surface area contributed by atoms with E-state index in [4.69, 9.17) is 27.9 Å². The van der Waals surface area contributed by atoms with Crippen LogP contribution in [-0.2, 0) is 0 Å². The highest BCUT2D eigenvalue weighted by Crippen LogP contribution is 2.41. The molecule has 2 aliphatic rings.